The molecule has 0 amide bonds. The Bertz CT molecular complexity index is 804. The second-order valence-electron chi connectivity index (χ2n) is 4.25. The van der Waals surface area contributed by atoms with Gasteiger partial charge in [0.1, 0.15) is 11.2 Å². The van der Waals surface area contributed by atoms with E-state index >= 15 is 0 Å². The minimum Gasteiger partial charge on any atom is -0.303 e. The van der Waals surface area contributed by atoms with E-state index in [-0.39, 0.29) is 5.56 Å². The molecule has 0 atom stereocenters. The van der Waals surface area contributed by atoms with Gasteiger partial charge in [-0.25, -0.2) is 9.97 Å². The summed E-state index contributed by atoms with van der Waals surface area (Å²) in [6.45, 7) is 0. The fraction of sp³-hybridized carbons (Fsp3) is 0.273. The van der Waals surface area contributed by atoms with Gasteiger partial charge < -0.3 is 4.98 Å². The smallest absolute Gasteiger partial charge is 0.260 e. The molecule has 0 unspecified atom stereocenters. The zero-order valence-electron chi connectivity index (χ0n) is 9.77. The Morgan fingerprint density at radius 2 is 2.26 bits per heavy atom. The molecule has 8 heteroatoms. The van der Waals surface area contributed by atoms with E-state index in [1.807, 2.05) is 11.8 Å². The maximum Gasteiger partial charge on any atom is 0.260 e. The van der Waals surface area contributed by atoms with Crippen LogP contribution in [0.2, 0.25) is 0 Å². The molecule has 3 aromatic rings. The highest BCUT2D eigenvalue weighted by Gasteiger charge is 2.20. The van der Waals surface area contributed by atoms with Gasteiger partial charge >= 0.3 is 0 Å². The third-order valence-electron chi connectivity index (χ3n) is 3.07. The first-order chi connectivity index (χ1) is 9.33. The molecule has 0 spiro atoms. The summed E-state index contributed by atoms with van der Waals surface area (Å²) in [6, 6.07) is 0. The SMILES string of the molecule is O=c1[nH]c(-c2ncn[nH]2)nc2sc3c(c12)CCCS3. The molecular weight excluding hydrogens is 282 g/mol. The van der Waals surface area contributed by atoms with Crippen molar-refractivity contribution < 1.29 is 0 Å². The molecule has 96 valence electrons. The van der Waals surface area contributed by atoms with E-state index in [0.717, 1.165) is 34.4 Å². The summed E-state index contributed by atoms with van der Waals surface area (Å²) in [7, 11) is 0. The van der Waals surface area contributed by atoms with Gasteiger partial charge in [0.15, 0.2) is 11.6 Å². The van der Waals surface area contributed by atoms with E-state index in [9.17, 15) is 4.79 Å². The third kappa shape index (κ3) is 1.71. The molecule has 19 heavy (non-hydrogen) atoms. The Kier molecular flexibility index (Phi) is 2.46. The summed E-state index contributed by atoms with van der Waals surface area (Å²) in [5.74, 6) is 2.05. The van der Waals surface area contributed by atoms with Crippen LogP contribution in [0, 0.1) is 0 Å². The van der Waals surface area contributed by atoms with Gasteiger partial charge in [0.2, 0.25) is 0 Å². The van der Waals surface area contributed by atoms with Crippen molar-refractivity contribution >= 4 is 33.3 Å². The Morgan fingerprint density at radius 1 is 1.32 bits per heavy atom. The Hall–Kier alpha value is -1.67. The van der Waals surface area contributed by atoms with Crippen LogP contribution in [0.4, 0.5) is 0 Å². The van der Waals surface area contributed by atoms with Crippen LogP contribution in [0.5, 0.6) is 0 Å². The van der Waals surface area contributed by atoms with E-state index in [0.29, 0.717) is 11.6 Å². The molecule has 0 aromatic carbocycles. The van der Waals surface area contributed by atoms with Crippen LogP contribution in [0.3, 0.4) is 0 Å². The van der Waals surface area contributed by atoms with Crippen molar-refractivity contribution in [1.82, 2.24) is 25.1 Å². The number of nitrogens with zero attached hydrogens (tertiary/aromatic N) is 3. The van der Waals surface area contributed by atoms with Crippen molar-refractivity contribution in [3.05, 3.63) is 22.2 Å². The number of aryl methyl sites for hydroxylation is 1. The summed E-state index contributed by atoms with van der Waals surface area (Å²) < 4.78 is 1.23. The molecule has 3 aromatic heterocycles. The van der Waals surface area contributed by atoms with Gasteiger partial charge in [-0.1, -0.05) is 0 Å². The van der Waals surface area contributed by atoms with Crippen molar-refractivity contribution in [2.45, 2.75) is 17.1 Å². The fourth-order valence-corrected chi connectivity index (χ4v) is 4.77. The standard InChI is InChI=1S/C11H9N5OS2/c17-9-6-5-2-1-3-18-11(5)19-10(6)15-8(14-9)7-12-4-13-16-7/h4H,1-3H2,(H,12,13,16)(H,14,15,17). The predicted molar refractivity (Wildman–Crippen MR) is 74.7 cm³/mol. The largest absolute Gasteiger partial charge is 0.303 e. The lowest BCUT2D eigenvalue weighted by molar-refractivity contribution is 0.910. The van der Waals surface area contributed by atoms with Gasteiger partial charge in [0.25, 0.3) is 5.56 Å². The van der Waals surface area contributed by atoms with Crippen LogP contribution in [-0.4, -0.2) is 30.9 Å². The lowest BCUT2D eigenvalue weighted by atomic mass is 10.1. The maximum atomic E-state index is 12.3. The van der Waals surface area contributed by atoms with Gasteiger partial charge in [-0.2, -0.15) is 5.10 Å². The van der Waals surface area contributed by atoms with Gasteiger partial charge in [-0.3, -0.25) is 9.89 Å². The molecule has 1 aliphatic rings. The summed E-state index contributed by atoms with van der Waals surface area (Å²) in [4.78, 5) is 24.4. The number of thiophene rings is 1. The van der Waals surface area contributed by atoms with Gasteiger partial charge in [0.05, 0.1) is 9.60 Å². The first-order valence-corrected chi connectivity index (χ1v) is 7.67. The topological polar surface area (TPSA) is 87.3 Å². The van der Waals surface area contributed by atoms with Crippen molar-refractivity contribution in [2.24, 2.45) is 0 Å². The number of hydrogen-bond donors (Lipinski definition) is 2. The molecule has 4 rings (SSSR count). The number of thioether (sulfide) groups is 1. The summed E-state index contributed by atoms with van der Waals surface area (Å²) >= 11 is 3.41. The second kappa shape index (κ2) is 4.17. The van der Waals surface area contributed by atoms with Crippen molar-refractivity contribution in [2.75, 3.05) is 5.75 Å². The normalized spacial score (nSPS) is 14.7. The van der Waals surface area contributed by atoms with Crippen molar-refractivity contribution in [1.29, 1.82) is 0 Å². The number of fused-ring (bicyclic) bond motifs is 3. The molecule has 0 bridgehead atoms. The lowest BCUT2D eigenvalue weighted by Crippen LogP contribution is -2.11. The van der Waals surface area contributed by atoms with Gasteiger partial charge in [-0.15, -0.1) is 23.1 Å². The first kappa shape index (κ1) is 11.2. The monoisotopic (exact) mass is 291 g/mol. The van der Waals surface area contributed by atoms with E-state index in [4.69, 9.17) is 0 Å². The van der Waals surface area contributed by atoms with Crippen LogP contribution >= 0.6 is 23.1 Å². The fourth-order valence-electron chi connectivity index (χ4n) is 2.23. The minimum atomic E-state index is -0.0867. The van der Waals surface area contributed by atoms with E-state index in [2.05, 4.69) is 25.1 Å². The molecule has 0 aliphatic carbocycles. The number of aromatic nitrogens is 5. The quantitative estimate of drug-likeness (QED) is 0.714. The van der Waals surface area contributed by atoms with Crippen LogP contribution < -0.4 is 5.56 Å². The molecule has 0 saturated carbocycles. The highest BCUT2D eigenvalue weighted by Crippen LogP contribution is 2.40. The molecule has 0 fully saturated rings. The maximum absolute atomic E-state index is 12.3. The molecule has 6 nitrogen and oxygen atoms in total. The predicted octanol–water partition coefficient (Wildman–Crippen LogP) is 1.81. The third-order valence-corrected chi connectivity index (χ3v) is 5.59. The average Bonchev–Trinajstić information content (AvgIpc) is 3.05. The number of rotatable bonds is 1. The highest BCUT2D eigenvalue weighted by molar-refractivity contribution is 8.01. The van der Waals surface area contributed by atoms with E-state index in [1.54, 1.807) is 11.3 Å². The molecule has 2 N–H and O–H groups in total. The van der Waals surface area contributed by atoms with Crippen LogP contribution in [0.1, 0.15) is 12.0 Å². The molecule has 0 radical (unpaired) electrons. The average molecular weight is 291 g/mol. The highest BCUT2D eigenvalue weighted by atomic mass is 32.2. The van der Waals surface area contributed by atoms with Crippen molar-refractivity contribution in [3.8, 4) is 11.6 Å². The number of aromatic amines is 2. The molecule has 4 heterocycles. The Balaban J connectivity index is 2.00. The summed E-state index contributed by atoms with van der Waals surface area (Å²) in [5.41, 5.74) is 1.07. The summed E-state index contributed by atoms with van der Waals surface area (Å²) in [6.07, 6.45) is 3.48. The minimum absolute atomic E-state index is 0.0867. The summed E-state index contributed by atoms with van der Waals surface area (Å²) in [5, 5.41) is 7.23. The molecule has 1 aliphatic heterocycles. The van der Waals surface area contributed by atoms with Crippen LogP contribution in [0.25, 0.3) is 21.9 Å². The van der Waals surface area contributed by atoms with Crippen molar-refractivity contribution in [3.63, 3.8) is 0 Å². The van der Waals surface area contributed by atoms with Crippen LogP contribution in [-0.2, 0) is 6.42 Å². The molecular formula is C11H9N5OS2. The van der Waals surface area contributed by atoms with Gasteiger partial charge in [-0.05, 0) is 24.2 Å². The van der Waals surface area contributed by atoms with E-state index < -0.39 is 0 Å². The second-order valence-corrected chi connectivity index (χ2v) is 6.61. The molecule has 0 saturated heterocycles. The number of H-pyrrole nitrogens is 2. The zero-order chi connectivity index (χ0) is 12.8. The number of nitrogens with one attached hydrogen (secondary N) is 2. The van der Waals surface area contributed by atoms with Gasteiger partial charge in [0, 0.05) is 0 Å². The zero-order valence-corrected chi connectivity index (χ0v) is 11.4. The Morgan fingerprint density at radius 3 is 3.11 bits per heavy atom. The Labute approximate surface area is 115 Å². The van der Waals surface area contributed by atoms with E-state index in [1.165, 1.54) is 10.5 Å². The first-order valence-electron chi connectivity index (χ1n) is 5.87. The van der Waals surface area contributed by atoms with Crippen LogP contribution in [0.15, 0.2) is 15.3 Å². The number of hydrogen-bond acceptors (Lipinski definition) is 6. The lowest BCUT2D eigenvalue weighted by Gasteiger charge is -2.08.